The van der Waals surface area contributed by atoms with Gasteiger partial charge in [-0.15, -0.1) is 11.3 Å². The van der Waals surface area contributed by atoms with E-state index in [1.54, 1.807) is 18.4 Å². The van der Waals surface area contributed by atoms with Crippen molar-refractivity contribution in [2.75, 3.05) is 7.05 Å². The van der Waals surface area contributed by atoms with Gasteiger partial charge in [0.15, 0.2) is 5.96 Å². The first-order valence-corrected chi connectivity index (χ1v) is 7.89. The van der Waals surface area contributed by atoms with Crippen molar-refractivity contribution in [2.45, 2.75) is 20.0 Å². The molecule has 0 saturated heterocycles. The van der Waals surface area contributed by atoms with Gasteiger partial charge in [0.05, 0.1) is 13.1 Å². The molecule has 2 heterocycles. The van der Waals surface area contributed by atoms with Gasteiger partial charge in [-0.05, 0) is 19.1 Å². The summed E-state index contributed by atoms with van der Waals surface area (Å²) in [6, 6.07) is 10.0. The molecule has 0 spiro atoms. The Bertz CT molecular complexity index is 757. The van der Waals surface area contributed by atoms with Gasteiger partial charge < -0.3 is 15.1 Å². The van der Waals surface area contributed by atoms with Crippen LogP contribution in [0.1, 0.15) is 15.6 Å². The molecule has 114 valence electrons. The number of aliphatic imine (C=N–C) groups is 1. The van der Waals surface area contributed by atoms with E-state index >= 15 is 0 Å². The number of nitrogens with one attached hydrogen (secondary N) is 2. The Morgan fingerprint density at radius 2 is 2.09 bits per heavy atom. The van der Waals surface area contributed by atoms with E-state index in [-0.39, 0.29) is 0 Å². The second kappa shape index (κ2) is 6.62. The van der Waals surface area contributed by atoms with Crippen LogP contribution in [0.3, 0.4) is 0 Å². The monoisotopic (exact) mass is 314 g/mol. The maximum Gasteiger partial charge on any atom is 0.191 e. The summed E-state index contributed by atoms with van der Waals surface area (Å²) in [6.45, 7) is 3.30. The molecule has 5 nitrogen and oxygen atoms in total. The van der Waals surface area contributed by atoms with Crippen molar-refractivity contribution in [3.8, 4) is 0 Å². The lowest BCUT2D eigenvalue weighted by Gasteiger charge is -2.09. The lowest BCUT2D eigenvalue weighted by Crippen LogP contribution is -2.36. The van der Waals surface area contributed by atoms with Crippen LogP contribution in [0.15, 0.2) is 45.9 Å². The van der Waals surface area contributed by atoms with Crippen LogP contribution < -0.4 is 10.6 Å². The summed E-state index contributed by atoms with van der Waals surface area (Å²) in [5.41, 5.74) is 0.903. The highest BCUT2D eigenvalue weighted by molar-refractivity contribution is 7.11. The number of hydrogen-bond donors (Lipinski definition) is 2. The lowest BCUT2D eigenvalue weighted by molar-refractivity contribution is 0.538. The lowest BCUT2D eigenvalue weighted by atomic mass is 10.2. The number of guanidine groups is 1. The minimum Gasteiger partial charge on any atom is -0.459 e. The zero-order valence-electron chi connectivity index (χ0n) is 12.6. The fourth-order valence-electron chi connectivity index (χ4n) is 2.16. The number of fused-ring (bicyclic) bond motifs is 1. The molecule has 3 rings (SSSR count). The maximum absolute atomic E-state index is 5.77. The SMILES string of the molecule is CN=C(NCc1cc2ccccc2o1)NCc1ncc(C)s1. The zero-order chi connectivity index (χ0) is 15.4. The summed E-state index contributed by atoms with van der Waals surface area (Å²) in [6.07, 6.45) is 1.88. The van der Waals surface area contributed by atoms with Crippen LogP contribution in [0, 0.1) is 6.92 Å². The first kappa shape index (κ1) is 14.6. The van der Waals surface area contributed by atoms with Crippen molar-refractivity contribution in [3.63, 3.8) is 0 Å². The molecule has 0 fully saturated rings. The summed E-state index contributed by atoms with van der Waals surface area (Å²) >= 11 is 1.68. The van der Waals surface area contributed by atoms with Crippen molar-refractivity contribution in [1.82, 2.24) is 15.6 Å². The van der Waals surface area contributed by atoms with Crippen LogP contribution in [0.25, 0.3) is 11.0 Å². The largest absolute Gasteiger partial charge is 0.459 e. The summed E-state index contributed by atoms with van der Waals surface area (Å²) in [7, 11) is 1.75. The number of benzene rings is 1. The average molecular weight is 314 g/mol. The Hall–Kier alpha value is -2.34. The standard InChI is InChI=1S/C16H18N4OS/c1-11-8-18-15(22-11)10-20-16(17-2)19-9-13-7-12-5-3-4-6-14(12)21-13/h3-8H,9-10H2,1-2H3,(H2,17,19,20). The van der Waals surface area contributed by atoms with Crippen molar-refractivity contribution >= 4 is 28.3 Å². The van der Waals surface area contributed by atoms with Crippen molar-refractivity contribution in [2.24, 2.45) is 4.99 Å². The van der Waals surface area contributed by atoms with Gasteiger partial charge in [-0.25, -0.2) is 4.98 Å². The highest BCUT2D eigenvalue weighted by Gasteiger charge is 2.05. The van der Waals surface area contributed by atoms with E-state index in [1.807, 2.05) is 36.5 Å². The predicted octanol–water partition coefficient (Wildman–Crippen LogP) is 3.06. The summed E-state index contributed by atoms with van der Waals surface area (Å²) < 4.78 is 5.77. The van der Waals surface area contributed by atoms with Gasteiger partial charge in [0.25, 0.3) is 0 Å². The fraction of sp³-hybridized carbons (Fsp3) is 0.250. The van der Waals surface area contributed by atoms with Gasteiger partial charge in [-0.2, -0.15) is 0 Å². The van der Waals surface area contributed by atoms with Gasteiger partial charge >= 0.3 is 0 Å². The minimum absolute atomic E-state index is 0.589. The molecule has 0 amide bonds. The van der Waals surface area contributed by atoms with Crippen LogP contribution in [0.5, 0.6) is 0 Å². The molecule has 2 N–H and O–H groups in total. The molecule has 3 aromatic rings. The number of furan rings is 1. The number of aryl methyl sites for hydroxylation is 1. The number of rotatable bonds is 4. The predicted molar refractivity (Wildman–Crippen MR) is 90.1 cm³/mol. The third-order valence-corrected chi connectivity index (χ3v) is 4.12. The Labute approximate surface area is 133 Å². The molecule has 0 bridgehead atoms. The second-order valence-corrected chi connectivity index (χ2v) is 6.21. The summed E-state index contributed by atoms with van der Waals surface area (Å²) in [5.74, 6) is 1.61. The number of nitrogens with zero attached hydrogens (tertiary/aromatic N) is 2. The third-order valence-electron chi connectivity index (χ3n) is 3.21. The Balaban J connectivity index is 1.56. The molecule has 0 saturated carbocycles. The Morgan fingerprint density at radius 3 is 2.82 bits per heavy atom. The number of aromatic nitrogens is 1. The zero-order valence-corrected chi connectivity index (χ0v) is 13.4. The van der Waals surface area contributed by atoms with Crippen molar-refractivity contribution in [3.05, 3.63) is 52.2 Å². The van der Waals surface area contributed by atoms with Crippen molar-refractivity contribution < 1.29 is 4.42 Å². The maximum atomic E-state index is 5.77. The number of hydrogen-bond acceptors (Lipinski definition) is 4. The second-order valence-electron chi connectivity index (χ2n) is 4.89. The van der Waals surface area contributed by atoms with Crippen molar-refractivity contribution in [1.29, 1.82) is 0 Å². The molecular formula is C16H18N4OS. The fourth-order valence-corrected chi connectivity index (χ4v) is 2.88. The topological polar surface area (TPSA) is 62.5 Å². The van der Waals surface area contributed by atoms with Gasteiger partial charge in [-0.1, -0.05) is 18.2 Å². The molecule has 0 radical (unpaired) electrons. The quantitative estimate of drug-likeness (QED) is 0.574. The molecule has 22 heavy (non-hydrogen) atoms. The first-order chi connectivity index (χ1) is 10.7. The molecule has 0 aliphatic heterocycles. The third kappa shape index (κ3) is 3.46. The highest BCUT2D eigenvalue weighted by Crippen LogP contribution is 2.18. The Morgan fingerprint density at radius 1 is 1.27 bits per heavy atom. The molecule has 0 atom stereocenters. The van der Waals surface area contributed by atoms with Gasteiger partial charge in [-0.3, -0.25) is 4.99 Å². The van der Waals surface area contributed by atoms with Crippen LogP contribution in [0.4, 0.5) is 0 Å². The molecule has 0 aliphatic carbocycles. The summed E-state index contributed by atoms with van der Waals surface area (Å²) in [5, 5.41) is 8.65. The van der Waals surface area contributed by atoms with E-state index in [2.05, 4.69) is 27.5 Å². The van der Waals surface area contributed by atoms with E-state index in [0.717, 1.165) is 27.7 Å². The average Bonchev–Trinajstić information content (AvgIpc) is 3.13. The van der Waals surface area contributed by atoms with Crippen LogP contribution in [-0.4, -0.2) is 18.0 Å². The van der Waals surface area contributed by atoms with E-state index in [1.165, 1.54) is 4.88 Å². The molecule has 0 aliphatic rings. The number of para-hydroxylation sites is 1. The minimum atomic E-state index is 0.589. The van der Waals surface area contributed by atoms with Gasteiger partial charge in [0, 0.05) is 23.5 Å². The summed E-state index contributed by atoms with van der Waals surface area (Å²) in [4.78, 5) is 9.74. The Kier molecular flexibility index (Phi) is 4.39. The highest BCUT2D eigenvalue weighted by atomic mass is 32.1. The molecule has 6 heteroatoms. The van der Waals surface area contributed by atoms with Gasteiger partial charge in [0.1, 0.15) is 16.4 Å². The normalized spacial score (nSPS) is 11.8. The molecule has 2 aromatic heterocycles. The van der Waals surface area contributed by atoms with E-state index in [4.69, 9.17) is 4.42 Å². The van der Waals surface area contributed by atoms with Gasteiger partial charge in [0.2, 0.25) is 0 Å². The first-order valence-electron chi connectivity index (χ1n) is 7.08. The molecule has 0 unspecified atom stereocenters. The smallest absolute Gasteiger partial charge is 0.191 e. The van der Waals surface area contributed by atoms with E-state index < -0.39 is 0 Å². The molecular weight excluding hydrogens is 296 g/mol. The van der Waals surface area contributed by atoms with Crippen LogP contribution in [0.2, 0.25) is 0 Å². The van der Waals surface area contributed by atoms with E-state index in [9.17, 15) is 0 Å². The molecule has 1 aromatic carbocycles. The van der Waals surface area contributed by atoms with Crippen LogP contribution >= 0.6 is 11.3 Å². The van der Waals surface area contributed by atoms with Crippen LogP contribution in [-0.2, 0) is 13.1 Å². The van der Waals surface area contributed by atoms with E-state index in [0.29, 0.717) is 13.1 Å². The number of thiazole rings is 1.